The Balaban J connectivity index is 2.28. The van der Waals surface area contributed by atoms with E-state index < -0.39 is 0 Å². The van der Waals surface area contributed by atoms with Gasteiger partial charge in [0.25, 0.3) is 0 Å². The third-order valence-electron chi connectivity index (χ3n) is 2.24. The van der Waals surface area contributed by atoms with Gasteiger partial charge in [-0.3, -0.25) is 0 Å². The molecule has 0 aliphatic rings. The van der Waals surface area contributed by atoms with Gasteiger partial charge in [0.15, 0.2) is 0 Å². The zero-order valence-electron chi connectivity index (χ0n) is 8.68. The second-order valence-electron chi connectivity index (χ2n) is 3.27. The predicted octanol–water partition coefficient (Wildman–Crippen LogP) is 2.84. The van der Waals surface area contributed by atoms with Crippen molar-refractivity contribution in [2.45, 2.75) is 13.0 Å². The molecule has 0 saturated heterocycles. The first-order valence-corrected chi connectivity index (χ1v) is 5.97. The van der Waals surface area contributed by atoms with Crippen molar-refractivity contribution in [1.29, 1.82) is 0 Å². The molecule has 0 spiro atoms. The summed E-state index contributed by atoms with van der Waals surface area (Å²) in [7, 11) is 0. The number of thiazole rings is 1. The van der Waals surface area contributed by atoms with Gasteiger partial charge < -0.3 is 5.32 Å². The van der Waals surface area contributed by atoms with Crippen LogP contribution in [-0.2, 0) is 0 Å². The minimum atomic E-state index is 0.233. The molecule has 3 heteroatoms. The largest absolute Gasteiger partial charge is 0.305 e. The highest BCUT2D eigenvalue weighted by molar-refractivity contribution is 7.09. The molecular weight excluding hydrogens is 204 g/mol. The molecule has 1 unspecified atom stereocenters. The van der Waals surface area contributed by atoms with E-state index >= 15 is 0 Å². The monoisotopic (exact) mass is 218 g/mol. The summed E-state index contributed by atoms with van der Waals surface area (Å²) in [6, 6.07) is 10.7. The minimum Gasteiger partial charge on any atom is -0.305 e. The van der Waals surface area contributed by atoms with Crippen LogP contribution in [0, 0.1) is 0 Å². The molecule has 0 aliphatic carbocycles. The number of nitrogens with zero attached hydrogens (tertiary/aromatic N) is 1. The van der Waals surface area contributed by atoms with E-state index in [0.29, 0.717) is 0 Å². The van der Waals surface area contributed by atoms with Crippen molar-refractivity contribution < 1.29 is 0 Å². The first kappa shape index (κ1) is 10.3. The molecule has 78 valence electrons. The van der Waals surface area contributed by atoms with E-state index in [1.54, 1.807) is 11.3 Å². The zero-order chi connectivity index (χ0) is 10.5. The maximum atomic E-state index is 4.37. The lowest BCUT2D eigenvalue weighted by Gasteiger charge is -2.15. The van der Waals surface area contributed by atoms with Crippen LogP contribution in [0.3, 0.4) is 0 Å². The van der Waals surface area contributed by atoms with Gasteiger partial charge in [-0.2, -0.15) is 0 Å². The maximum absolute atomic E-state index is 4.37. The van der Waals surface area contributed by atoms with Gasteiger partial charge in [-0.05, 0) is 12.1 Å². The summed E-state index contributed by atoms with van der Waals surface area (Å²) < 4.78 is 0. The molecule has 15 heavy (non-hydrogen) atoms. The van der Waals surface area contributed by atoms with Crippen LogP contribution in [-0.4, -0.2) is 11.5 Å². The van der Waals surface area contributed by atoms with Crippen molar-refractivity contribution in [3.05, 3.63) is 52.5 Å². The van der Waals surface area contributed by atoms with Crippen LogP contribution >= 0.6 is 11.3 Å². The second kappa shape index (κ2) is 5.05. The zero-order valence-corrected chi connectivity index (χ0v) is 9.50. The maximum Gasteiger partial charge on any atom is 0.114 e. The molecule has 0 radical (unpaired) electrons. The Kier molecular flexibility index (Phi) is 3.48. The summed E-state index contributed by atoms with van der Waals surface area (Å²) in [6.45, 7) is 3.06. The molecule has 1 atom stereocenters. The summed E-state index contributed by atoms with van der Waals surface area (Å²) in [5.41, 5.74) is 1.27. The van der Waals surface area contributed by atoms with Crippen LogP contribution in [0.15, 0.2) is 41.9 Å². The molecule has 1 N–H and O–H groups in total. The molecular formula is C12H14N2S. The lowest BCUT2D eigenvalue weighted by atomic mass is 10.1. The molecule has 0 bridgehead atoms. The fourth-order valence-electron chi connectivity index (χ4n) is 1.57. The van der Waals surface area contributed by atoms with Gasteiger partial charge in [0.05, 0.1) is 6.04 Å². The van der Waals surface area contributed by atoms with E-state index in [9.17, 15) is 0 Å². The minimum absolute atomic E-state index is 0.233. The summed E-state index contributed by atoms with van der Waals surface area (Å²) in [4.78, 5) is 4.37. The number of aromatic nitrogens is 1. The van der Waals surface area contributed by atoms with Crippen LogP contribution in [0.2, 0.25) is 0 Å². The molecule has 2 aromatic rings. The molecule has 0 amide bonds. The van der Waals surface area contributed by atoms with Crippen LogP contribution in [0.25, 0.3) is 0 Å². The van der Waals surface area contributed by atoms with Crippen molar-refractivity contribution in [2.24, 2.45) is 0 Å². The van der Waals surface area contributed by atoms with Crippen LogP contribution in [0.4, 0.5) is 0 Å². The fraction of sp³-hybridized carbons (Fsp3) is 0.250. The van der Waals surface area contributed by atoms with Crippen LogP contribution < -0.4 is 5.32 Å². The van der Waals surface area contributed by atoms with Crippen molar-refractivity contribution in [3.63, 3.8) is 0 Å². The lowest BCUT2D eigenvalue weighted by Crippen LogP contribution is -2.21. The standard InChI is InChI=1S/C12H14N2S/c1-2-13-11(12-14-8-9-15-12)10-6-4-3-5-7-10/h3-9,11,13H,2H2,1H3. The summed E-state index contributed by atoms with van der Waals surface area (Å²) in [5.74, 6) is 0. The molecule has 1 aromatic carbocycles. The second-order valence-corrected chi connectivity index (χ2v) is 4.20. The quantitative estimate of drug-likeness (QED) is 0.853. The van der Waals surface area contributed by atoms with Gasteiger partial charge >= 0.3 is 0 Å². The molecule has 0 fully saturated rings. The molecule has 1 aromatic heterocycles. The van der Waals surface area contributed by atoms with Crippen molar-refractivity contribution in [2.75, 3.05) is 6.54 Å². The highest BCUT2D eigenvalue weighted by Gasteiger charge is 2.14. The third-order valence-corrected chi connectivity index (χ3v) is 3.08. The SMILES string of the molecule is CCNC(c1ccccc1)c1nccs1. The predicted molar refractivity (Wildman–Crippen MR) is 64.1 cm³/mol. The highest BCUT2D eigenvalue weighted by atomic mass is 32.1. The normalized spacial score (nSPS) is 12.6. The van der Waals surface area contributed by atoms with Gasteiger partial charge in [0, 0.05) is 11.6 Å². The van der Waals surface area contributed by atoms with E-state index in [1.807, 2.05) is 17.6 Å². The summed E-state index contributed by atoms with van der Waals surface area (Å²) in [5, 5.41) is 6.59. The van der Waals surface area contributed by atoms with Crippen molar-refractivity contribution in [1.82, 2.24) is 10.3 Å². The number of rotatable bonds is 4. The third kappa shape index (κ3) is 2.43. The Morgan fingerprint density at radius 3 is 2.73 bits per heavy atom. The van der Waals surface area contributed by atoms with Gasteiger partial charge in [-0.25, -0.2) is 4.98 Å². The lowest BCUT2D eigenvalue weighted by molar-refractivity contribution is 0.627. The number of nitrogens with one attached hydrogen (secondary N) is 1. The summed E-state index contributed by atoms with van der Waals surface area (Å²) in [6.07, 6.45) is 1.85. The Labute approximate surface area is 94.0 Å². The van der Waals surface area contributed by atoms with E-state index in [2.05, 4.69) is 41.5 Å². The molecule has 2 nitrogen and oxygen atoms in total. The van der Waals surface area contributed by atoms with E-state index in [-0.39, 0.29) is 6.04 Å². The molecule has 2 rings (SSSR count). The van der Waals surface area contributed by atoms with E-state index in [0.717, 1.165) is 11.6 Å². The van der Waals surface area contributed by atoms with Gasteiger partial charge in [-0.15, -0.1) is 11.3 Å². The first-order valence-electron chi connectivity index (χ1n) is 5.09. The van der Waals surface area contributed by atoms with Crippen molar-refractivity contribution >= 4 is 11.3 Å². The van der Waals surface area contributed by atoms with Crippen molar-refractivity contribution in [3.8, 4) is 0 Å². The van der Waals surface area contributed by atoms with Gasteiger partial charge in [-0.1, -0.05) is 37.3 Å². The van der Waals surface area contributed by atoms with E-state index in [1.165, 1.54) is 5.56 Å². The fourth-order valence-corrected chi connectivity index (χ4v) is 2.31. The Morgan fingerprint density at radius 2 is 2.13 bits per heavy atom. The van der Waals surface area contributed by atoms with Crippen LogP contribution in [0.5, 0.6) is 0 Å². The first-order chi connectivity index (χ1) is 7.42. The average molecular weight is 218 g/mol. The topological polar surface area (TPSA) is 24.9 Å². The van der Waals surface area contributed by atoms with Gasteiger partial charge in [0.2, 0.25) is 0 Å². The smallest absolute Gasteiger partial charge is 0.114 e. The average Bonchev–Trinajstić information content (AvgIpc) is 2.80. The number of benzene rings is 1. The molecule has 0 saturated carbocycles. The number of hydrogen-bond acceptors (Lipinski definition) is 3. The Hall–Kier alpha value is -1.19. The van der Waals surface area contributed by atoms with E-state index in [4.69, 9.17) is 0 Å². The highest BCUT2D eigenvalue weighted by Crippen LogP contribution is 2.23. The molecule has 1 heterocycles. The Bertz CT molecular complexity index is 383. The Morgan fingerprint density at radius 1 is 1.33 bits per heavy atom. The summed E-state index contributed by atoms with van der Waals surface area (Å²) >= 11 is 1.69. The van der Waals surface area contributed by atoms with Gasteiger partial charge in [0.1, 0.15) is 5.01 Å². The molecule has 0 aliphatic heterocycles. The van der Waals surface area contributed by atoms with Crippen LogP contribution in [0.1, 0.15) is 23.5 Å². The number of hydrogen-bond donors (Lipinski definition) is 1.